The molecule has 3 amide bonds. The van der Waals surface area contributed by atoms with Crippen molar-refractivity contribution < 1.29 is 19.1 Å². The summed E-state index contributed by atoms with van der Waals surface area (Å²) in [5, 5.41) is 5.07. The first-order chi connectivity index (χ1) is 19.0. The minimum Gasteiger partial charge on any atom is -0.453 e. The van der Waals surface area contributed by atoms with Crippen LogP contribution in [0.3, 0.4) is 0 Å². The first kappa shape index (κ1) is 30.0. The lowest BCUT2D eigenvalue weighted by atomic mass is 10.1. The molecular formula is C27H36N8O5. The highest BCUT2D eigenvalue weighted by molar-refractivity contribution is 5.96. The van der Waals surface area contributed by atoms with Crippen LogP contribution in [0, 0.1) is 12.8 Å². The Kier molecular flexibility index (Phi) is 10.1. The minimum atomic E-state index is -1.00. The van der Waals surface area contributed by atoms with Crippen molar-refractivity contribution in [3.05, 3.63) is 58.2 Å². The predicted octanol–water partition coefficient (Wildman–Crippen LogP) is 2.16. The van der Waals surface area contributed by atoms with Crippen LogP contribution < -0.4 is 16.2 Å². The number of pyridine rings is 1. The molecule has 0 saturated carbocycles. The molecule has 0 saturated heterocycles. The smallest absolute Gasteiger partial charge is 0.407 e. The molecule has 214 valence electrons. The molecule has 0 spiro atoms. The van der Waals surface area contributed by atoms with E-state index in [0.29, 0.717) is 29.6 Å². The van der Waals surface area contributed by atoms with Gasteiger partial charge in [0.1, 0.15) is 28.9 Å². The minimum absolute atomic E-state index is 0.0368. The Morgan fingerprint density at radius 3 is 2.62 bits per heavy atom. The Morgan fingerprint density at radius 1 is 1.20 bits per heavy atom. The first-order valence-corrected chi connectivity index (χ1v) is 12.9. The monoisotopic (exact) mass is 552 g/mol. The number of carbonyl (C=O) groups is 3. The van der Waals surface area contributed by atoms with E-state index in [2.05, 4.69) is 49.2 Å². The van der Waals surface area contributed by atoms with Crippen LogP contribution in [0.15, 0.2) is 35.3 Å². The lowest BCUT2D eigenvalue weighted by Gasteiger charge is -2.17. The van der Waals surface area contributed by atoms with Gasteiger partial charge < -0.3 is 29.8 Å². The number of rotatable bonds is 11. The number of alkyl carbamates (subject to hydrolysis) is 1. The normalized spacial score (nSPS) is 12.1. The molecule has 3 rings (SSSR count). The highest BCUT2D eigenvalue weighted by Gasteiger charge is 2.22. The summed E-state index contributed by atoms with van der Waals surface area (Å²) in [5.41, 5.74) is 1.73. The Labute approximate surface area is 232 Å². The summed E-state index contributed by atoms with van der Waals surface area (Å²) in [7, 11) is 4.44. The maximum Gasteiger partial charge on any atom is 0.407 e. The van der Waals surface area contributed by atoms with Gasteiger partial charge in [-0.15, -0.1) is 0 Å². The third kappa shape index (κ3) is 7.98. The Balaban J connectivity index is 1.78. The molecule has 0 aliphatic rings. The highest BCUT2D eigenvalue weighted by Crippen LogP contribution is 2.17. The molecular weight excluding hydrogens is 516 g/mol. The molecule has 3 N–H and O–H groups in total. The zero-order valence-electron chi connectivity index (χ0n) is 23.6. The molecule has 0 bridgehead atoms. The van der Waals surface area contributed by atoms with Gasteiger partial charge in [0.25, 0.3) is 5.56 Å². The van der Waals surface area contributed by atoms with Crippen molar-refractivity contribution in [2.24, 2.45) is 5.92 Å². The molecule has 3 aromatic rings. The van der Waals surface area contributed by atoms with Gasteiger partial charge in [0.15, 0.2) is 5.65 Å². The number of anilines is 1. The Morgan fingerprint density at radius 2 is 1.95 bits per heavy atom. The number of methoxy groups -OCH3 is 1. The topological polar surface area (TPSA) is 164 Å². The van der Waals surface area contributed by atoms with E-state index in [0.717, 1.165) is 17.6 Å². The third-order valence-corrected chi connectivity index (χ3v) is 5.90. The number of aromatic nitrogens is 5. The number of hydrogen-bond acceptors (Lipinski definition) is 8. The van der Waals surface area contributed by atoms with Crippen molar-refractivity contribution in [2.75, 3.05) is 26.5 Å². The van der Waals surface area contributed by atoms with E-state index < -0.39 is 23.6 Å². The van der Waals surface area contributed by atoms with Crippen molar-refractivity contribution in [1.29, 1.82) is 0 Å². The van der Waals surface area contributed by atoms with Gasteiger partial charge in [-0.3, -0.25) is 14.4 Å². The molecule has 0 radical (unpaired) electrons. The number of imidazole rings is 1. The molecule has 3 heterocycles. The van der Waals surface area contributed by atoms with Crippen LogP contribution in [-0.4, -0.2) is 74.6 Å². The lowest BCUT2D eigenvalue weighted by molar-refractivity contribution is -0.123. The summed E-state index contributed by atoms with van der Waals surface area (Å²) in [4.78, 5) is 68.0. The SMILES string of the molecule is COC(=O)N[C@@H](CC/C=C/C(=O)N(C)C)C(=O)Nc1cccn(Cc2nc3nc(C)nc(CC(C)C)c3[nH]2)c1=O. The number of aryl methyl sites for hydroxylation is 1. The molecule has 0 fully saturated rings. The summed E-state index contributed by atoms with van der Waals surface area (Å²) in [5.74, 6) is 0.740. The van der Waals surface area contributed by atoms with E-state index >= 15 is 0 Å². The third-order valence-electron chi connectivity index (χ3n) is 5.90. The summed E-state index contributed by atoms with van der Waals surface area (Å²) < 4.78 is 6.04. The molecule has 0 unspecified atom stereocenters. The van der Waals surface area contributed by atoms with Crippen molar-refractivity contribution >= 4 is 34.8 Å². The van der Waals surface area contributed by atoms with Gasteiger partial charge in [0.05, 0.1) is 19.3 Å². The van der Waals surface area contributed by atoms with Gasteiger partial charge >= 0.3 is 6.09 Å². The molecule has 0 aromatic carbocycles. The molecule has 13 heteroatoms. The number of carbonyl (C=O) groups excluding carboxylic acids is 3. The number of H-pyrrole nitrogens is 1. The van der Waals surface area contributed by atoms with Gasteiger partial charge in [-0.2, -0.15) is 0 Å². The highest BCUT2D eigenvalue weighted by atomic mass is 16.5. The number of likely N-dealkylation sites (N-methyl/N-ethyl adjacent to an activating group) is 1. The van der Waals surface area contributed by atoms with Gasteiger partial charge in [-0.1, -0.05) is 19.9 Å². The second-order valence-corrected chi connectivity index (χ2v) is 9.94. The summed E-state index contributed by atoms with van der Waals surface area (Å²) in [6, 6.07) is 2.11. The van der Waals surface area contributed by atoms with Crippen LogP contribution in [0.5, 0.6) is 0 Å². The van der Waals surface area contributed by atoms with Gasteiger partial charge in [-0.05, 0) is 50.3 Å². The van der Waals surface area contributed by atoms with Crippen molar-refractivity contribution in [1.82, 2.24) is 34.7 Å². The fourth-order valence-electron chi connectivity index (χ4n) is 3.94. The summed E-state index contributed by atoms with van der Waals surface area (Å²) in [6.07, 6.45) is 5.06. The van der Waals surface area contributed by atoms with Crippen LogP contribution >= 0.6 is 0 Å². The van der Waals surface area contributed by atoms with Crippen LogP contribution in [0.4, 0.5) is 10.5 Å². The maximum atomic E-state index is 13.2. The number of nitrogens with one attached hydrogen (secondary N) is 3. The van der Waals surface area contributed by atoms with Gasteiger partial charge in [-0.25, -0.2) is 19.7 Å². The average Bonchev–Trinajstić information content (AvgIpc) is 3.29. The molecule has 1 atom stereocenters. The second-order valence-electron chi connectivity index (χ2n) is 9.94. The van der Waals surface area contributed by atoms with Crippen molar-refractivity contribution in [2.45, 2.75) is 52.6 Å². The van der Waals surface area contributed by atoms with E-state index in [4.69, 9.17) is 0 Å². The van der Waals surface area contributed by atoms with Gasteiger partial charge in [0.2, 0.25) is 11.8 Å². The maximum absolute atomic E-state index is 13.2. The zero-order valence-corrected chi connectivity index (χ0v) is 23.6. The van der Waals surface area contributed by atoms with E-state index in [1.165, 1.54) is 28.7 Å². The number of aromatic amines is 1. The number of fused-ring (bicyclic) bond motifs is 1. The summed E-state index contributed by atoms with van der Waals surface area (Å²) in [6.45, 7) is 6.14. The van der Waals surface area contributed by atoms with E-state index in [1.54, 1.807) is 32.4 Å². The molecule has 0 aliphatic carbocycles. The van der Waals surface area contributed by atoms with Crippen LogP contribution in [0.2, 0.25) is 0 Å². The number of amides is 3. The van der Waals surface area contributed by atoms with E-state index in [-0.39, 0.29) is 24.6 Å². The molecule has 3 aromatic heterocycles. The lowest BCUT2D eigenvalue weighted by Crippen LogP contribution is -2.44. The number of nitrogens with zero attached hydrogens (tertiary/aromatic N) is 5. The largest absolute Gasteiger partial charge is 0.453 e. The fraction of sp³-hybridized carbons (Fsp3) is 0.444. The van der Waals surface area contributed by atoms with Gasteiger partial charge in [0, 0.05) is 20.3 Å². The van der Waals surface area contributed by atoms with Crippen molar-refractivity contribution in [3.8, 4) is 0 Å². The molecule has 13 nitrogen and oxygen atoms in total. The number of hydrogen-bond donors (Lipinski definition) is 3. The van der Waals surface area contributed by atoms with E-state index in [1.807, 2.05) is 6.92 Å². The first-order valence-electron chi connectivity index (χ1n) is 12.9. The van der Waals surface area contributed by atoms with Crippen LogP contribution in [-0.2, 0) is 27.3 Å². The molecule has 0 aliphatic heterocycles. The summed E-state index contributed by atoms with van der Waals surface area (Å²) >= 11 is 0. The zero-order chi connectivity index (χ0) is 29.4. The average molecular weight is 553 g/mol. The Bertz CT molecular complexity index is 1460. The second kappa shape index (κ2) is 13.5. The standard InChI is InChI=1S/C27H36N8O5/c1-16(2)14-20-23-24(29-17(3)28-20)33-21(32-23)15-35-13-9-11-19(26(35)38)30-25(37)18(31-27(39)40-6)10-7-8-12-22(36)34(4)5/h8-9,11-13,16,18H,7,10,14-15H2,1-6H3,(H,30,37)(H,31,39)(H,28,29,32,33)/b12-8+/t18-/m0/s1. The van der Waals surface area contributed by atoms with E-state index in [9.17, 15) is 19.2 Å². The number of allylic oxidation sites excluding steroid dienone is 1. The van der Waals surface area contributed by atoms with Crippen LogP contribution in [0.1, 0.15) is 44.0 Å². The number of ether oxygens (including phenoxy) is 1. The molecule has 40 heavy (non-hydrogen) atoms. The van der Waals surface area contributed by atoms with Crippen molar-refractivity contribution in [3.63, 3.8) is 0 Å². The van der Waals surface area contributed by atoms with Crippen LogP contribution in [0.25, 0.3) is 11.2 Å². The fourth-order valence-corrected chi connectivity index (χ4v) is 3.94. The predicted molar refractivity (Wildman–Crippen MR) is 150 cm³/mol. The Hall–Kier alpha value is -4.55. The quantitative estimate of drug-likeness (QED) is 0.305.